The van der Waals surface area contributed by atoms with Gasteiger partial charge in [-0.25, -0.2) is 17.2 Å². The van der Waals surface area contributed by atoms with Crippen LogP contribution in [-0.2, 0) is 16.6 Å². The van der Waals surface area contributed by atoms with Crippen LogP contribution in [0.15, 0.2) is 47.4 Å². The van der Waals surface area contributed by atoms with Gasteiger partial charge in [0.05, 0.1) is 11.4 Å². The molecule has 0 spiro atoms. The summed E-state index contributed by atoms with van der Waals surface area (Å²) in [5.41, 5.74) is 0.325. The van der Waals surface area contributed by atoms with Crippen LogP contribution < -0.4 is 10.0 Å². The maximum atomic E-state index is 13.1. The minimum Gasteiger partial charge on any atom is -0.348 e. The van der Waals surface area contributed by atoms with Crippen molar-refractivity contribution < 1.29 is 22.0 Å². The van der Waals surface area contributed by atoms with Gasteiger partial charge in [-0.05, 0) is 35.9 Å². The van der Waals surface area contributed by atoms with Crippen LogP contribution in [0, 0.1) is 24.0 Å². The van der Waals surface area contributed by atoms with Crippen molar-refractivity contribution in [2.24, 2.45) is 0 Å². The summed E-state index contributed by atoms with van der Waals surface area (Å²) in [5.74, 6) is 0.0574. The Hall–Kier alpha value is -2.76. The summed E-state index contributed by atoms with van der Waals surface area (Å²) in [6.45, 7) is -0.288. The highest BCUT2D eigenvalue weighted by molar-refractivity contribution is 7.89. The number of amides is 1. The topological polar surface area (TPSA) is 75.3 Å². The van der Waals surface area contributed by atoms with Gasteiger partial charge in [0.25, 0.3) is 5.91 Å². The van der Waals surface area contributed by atoms with Gasteiger partial charge in [0.1, 0.15) is 11.6 Å². The zero-order valence-corrected chi connectivity index (χ0v) is 13.7. The fourth-order valence-corrected chi connectivity index (χ4v) is 3.00. The van der Waals surface area contributed by atoms with Crippen molar-refractivity contribution in [1.29, 1.82) is 0 Å². The van der Waals surface area contributed by atoms with E-state index in [0.717, 1.165) is 18.2 Å². The lowest BCUT2D eigenvalue weighted by atomic mass is 10.2. The maximum absolute atomic E-state index is 13.1. The average Bonchev–Trinajstić information content (AvgIpc) is 2.57. The summed E-state index contributed by atoms with van der Waals surface area (Å²) in [4.78, 5) is 12.0. The number of carbonyl (C=O) groups is 1. The normalized spacial score (nSPS) is 10.9. The van der Waals surface area contributed by atoms with E-state index in [9.17, 15) is 22.0 Å². The summed E-state index contributed by atoms with van der Waals surface area (Å²) in [7, 11) is -3.83. The summed E-state index contributed by atoms with van der Waals surface area (Å²) in [6.07, 6.45) is 5.01. The molecular formula is C17H14F2N2O3S. The quantitative estimate of drug-likeness (QED) is 0.768. The molecule has 0 fully saturated rings. The summed E-state index contributed by atoms with van der Waals surface area (Å²) in [6, 6.07) is 8.23. The van der Waals surface area contributed by atoms with Crippen molar-refractivity contribution in [3.05, 3.63) is 65.2 Å². The average molecular weight is 364 g/mol. The number of hydrogen-bond acceptors (Lipinski definition) is 3. The molecule has 5 nitrogen and oxygen atoms in total. The number of nitrogens with one attached hydrogen (secondary N) is 2. The molecule has 0 saturated carbocycles. The first-order chi connectivity index (χ1) is 11.8. The van der Waals surface area contributed by atoms with Crippen molar-refractivity contribution in [3.8, 4) is 12.3 Å². The van der Waals surface area contributed by atoms with Crippen LogP contribution in [0.3, 0.4) is 0 Å². The molecular weight excluding hydrogens is 350 g/mol. The van der Waals surface area contributed by atoms with Gasteiger partial charge in [0.2, 0.25) is 10.0 Å². The summed E-state index contributed by atoms with van der Waals surface area (Å²) >= 11 is 0. The van der Waals surface area contributed by atoms with Crippen LogP contribution in [0.2, 0.25) is 0 Å². The van der Waals surface area contributed by atoms with Gasteiger partial charge >= 0.3 is 0 Å². The lowest BCUT2D eigenvalue weighted by molar-refractivity contribution is 0.0950. The third kappa shape index (κ3) is 5.11. The third-order valence-corrected chi connectivity index (χ3v) is 4.55. The minimum absolute atomic E-state index is 0.0838. The Morgan fingerprint density at radius 1 is 1.12 bits per heavy atom. The lowest BCUT2D eigenvalue weighted by Gasteiger charge is -2.08. The van der Waals surface area contributed by atoms with Crippen molar-refractivity contribution in [2.45, 2.75) is 11.4 Å². The number of halogens is 2. The highest BCUT2D eigenvalue weighted by Gasteiger charge is 2.15. The number of hydrogen-bond donors (Lipinski definition) is 2. The highest BCUT2D eigenvalue weighted by atomic mass is 32.2. The molecule has 0 heterocycles. The van der Waals surface area contributed by atoms with Crippen LogP contribution in [0.1, 0.15) is 15.9 Å². The van der Waals surface area contributed by atoms with Gasteiger partial charge in [-0.2, -0.15) is 4.72 Å². The van der Waals surface area contributed by atoms with E-state index in [1.54, 1.807) is 0 Å². The first-order valence-corrected chi connectivity index (χ1v) is 8.56. The number of benzene rings is 2. The van der Waals surface area contributed by atoms with E-state index in [0.29, 0.717) is 0 Å². The largest absolute Gasteiger partial charge is 0.348 e. The molecule has 0 aromatic heterocycles. The zero-order valence-electron chi connectivity index (χ0n) is 12.9. The standard InChI is InChI=1S/C17H14F2N2O3S/c1-2-6-21-25(23,24)16-5-3-4-13(9-16)17(22)20-11-12-7-14(18)10-15(19)8-12/h1,3-5,7-10,21H,6,11H2,(H,20,22). The molecule has 0 saturated heterocycles. The van der Waals surface area contributed by atoms with Crippen LogP contribution in [0.25, 0.3) is 0 Å². The Labute approximate surface area is 144 Å². The smallest absolute Gasteiger partial charge is 0.251 e. The third-order valence-electron chi connectivity index (χ3n) is 3.15. The van der Waals surface area contributed by atoms with Gasteiger partial charge in [0, 0.05) is 18.2 Å². The fourth-order valence-electron chi connectivity index (χ4n) is 2.02. The Balaban J connectivity index is 2.12. The van der Waals surface area contributed by atoms with E-state index in [-0.39, 0.29) is 29.1 Å². The van der Waals surface area contributed by atoms with Crippen molar-refractivity contribution in [3.63, 3.8) is 0 Å². The molecule has 0 atom stereocenters. The second kappa shape index (κ2) is 7.88. The Bertz CT molecular complexity index is 917. The molecule has 2 aromatic carbocycles. The van der Waals surface area contributed by atoms with Gasteiger partial charge < -0.3 is 5.32 Å². The Morgan fingerprint density at radius 2 is 1.80 bits per heavy atom. The molecule has 25 heavy (non-hydrogen) atoms. The summed E-state index contributed by atoms with van der Waals surface area (Å²) < 4.78 is 52.4. The van der Waals surface area contributed by atoms with Gasteiger partial charge in [-0.3, -0.25) is 4.79 Å². The summed E-state index contributed by atoms with van der Waals surface area (Å²) in [5, 5.41) is 2.47. The monoisotopic (exact) mass is 364 g/mol. The Morgan fingerprint density at radius 3 is 2.44 bits per heavy atom. The van der Waals surface area contributed by atoms with Gasteiger partial charge in [-0.15, -0.1) is 6.42 Å². The van der Waals surface area contributed by atoms with Crippen molar-refractivity contribution in [1.82, 2.24) is 10.0 Å². The van der Waals surface area contributed by atoms with E-state index in [1.807, 2.05) is 0 Å². The van der Waals surface area contributed by atoms with Crippen LogP contribution in [0.4, 0.5) is 8.78 Å². The van der Waals surface area contributed by atoms with Crippen molar-refractivity contribution >= 4 is 15.9 Å². The molecule has 0 unspecified atom stereocenters. The highest BCUT2D eigenvalue weighted by Crippen LogP contribution is 2.12. The molecule has 0 aliphatic carbocycles. The number of rotatable bonds is 6. The van der Waals surface area contributed by atoms with Crippen molar-refractivity contribution in [2.75, 3.05) is 6.54 Å². The predicted molar refractivity (Wildman–Crippen MR) is 88.0 cm³/mol. The van der Waals surface area contributed by atoms with E-state index in [1.165, 1.54) is 24.3 Å². The second-order valence-corrected chi connectivity index (χ2v) is 6.78. The molecule has 8 heteroatoms. The number of terminal acetylenes is 1. The van der Waals surface area contributed by atoms with E-state index in [4.69, 9.17) is 6.42 Å². The number of carbonyl (C=O) groups excluding carboxylic acids is 1. The molecule has 1 amide bonds. The molecule has 2 aromatic rings. The predicted octanol–water partition coefficient (Wildman–Crippen LogP) is 1.81. The molecule has 0 aliphatic rings. The number of sulfonamides is 1. The van der Waals surface area contributed by atoms with E-state index < -0.39 is 27.6 Å². The maximum Gasteiger partial charge on any atom is 0.251 e. The van der Waals surface area contributed by atoms with Crippen LogP contribution in [0.5, 0.6) is 0 Å². The molecule has 0 bridgehead atoms. The first-order valence-electron chi connectivity index (χ1n) is 7.08. The van der Waals surface area contributed by atoms with Gasteiger partial charge in [-0.1, -0.05) is 12.0 Å². The van der Waals surface area contributed by atoms with Crippen LogP contribution in [-0.4, -0.2) is 20.9 Å². The molecule has 0 radical (unpaired) electrons. The van der Waals surface area contributed by atoms with Gasteiger partial charge in [0.15, 0.2) is 0 Å². The SMILES string of the molecule is C#CCNS(=O)(=O)c1cccc(C(=O)NCc2cc(F)cc(F)c2)c1. The zero-order chi connectivity index (χ0) is 18.4. The first kappa shape index (κ1) is 18.6. The molecule has 2 N–H and O–H groups in total. The minimum atomic E-state index is -3.83. The fraction of sp³-hybridized carbons (Fsp3) is 0.118. The van der Waals surface area contributed by atoms with Crippen LogP contribution >= 0.6 is 0 Å². The molecule has 2 rings (SSSR count). The van der Waals surface area contributed by atoms with E-state index >= 15 is 0 Å². The second-order valence-electron chi connectivity index (χ2n) is 5.02. The Kier molecular flexibility index (Phi) is 5.85. The lowest BCUT2D eigenvalue weighted by Crippen LogP contribution is -2.26. The molecule has 0 aliphatic heterocycles. The van der Waals surface area contributed by atoms with E-state index in [2.05, 4.69) is 16.0 Å². The molecule has 130 valence electrons.